The summed E-state index contributed by atoms with van der Waals surface area (Å²) in [4.78, 5) is 20.9. The number of piperidine rings is 1. The third-order valence-electron chi connectivity index (χ3n) is 5.73. The van der Waals surface area contributed by atoms with E-state index in [2.05, 4.69) is 15.6 Å². The van der Waals surface area contributed by atoms with Crippen LogP contribution >= 0.6 is 0 Å². The maximum atomic E-state index is 13.2. The molecule has 2 aliphatic heterocycles. The Morgan fingerprint density at radius 2 is 2.07 bits per heavy atom. The van der Waals surface area contributed by atoms with Crippen LogP contribution in [-0.2, 0) is 0 Å². The number of allylic oxidation sites excluding steroid dienone is 3. The molecule has 1 aliphatic carbocycles. The standard InChI is InChI=1S/C21H26F3N5O/c22-21(23,24)15-6-5-12-28(14-15)18-10-9-17-19(27-18)29(13-4-3-11-25-17)20(30)26-16-7-1-2-8-16/h1-2,7,9-10,15,25H,3-6,8,11-14H2,(H,26,30). The molecule has 0 aromatic carbocycles. The zero-order valence-electron chi connectivity index (χ0n) is 16.7. The number of anilines is 3. The van der Waals surface area contributed by atoms with Crippen LogP contribution in [0.25, 0.3) is 0 Å². The molecule has 1 aromatic heterocycles. The highest BCUT2D eigenvalue weighted by molar-refractivity contribution is 5.95. The Balaban J connectivity index is 1.59. The number of urea groups is 1. The number of pyridine rings is 1. The minimum absolute atomic E-state index is 0.104. The maximum Gasteiger partial charge on any atom is 0.393 e. The highest BCUT2D eigenvalue weighted by atomic mass is 19.4. The number of hydrogen-bond acceptors (Lipinski definition) is 4. The highest BCUT2D eigenvalue weighted by Gasteiger charge is 2.42. The van der Waals surface area contributed by atoms with E-state index >= 15 is 0 Å². The number of fused-ring (bicyclic) bond motifs is 1. The molecule has 30 heavy (non-hydrogen) atoms. The molecule has 1 aromatic rings. The van der Waals surface area contributed by atoms with E-state index in [9.17, 15) is 18.0 Å². The molecule has 6 nitrogen and oxygen atoms in total. The first kappa shape index (κ1) is 20.6. The van der Waals surface area contributed by atoms with E-state index in [1.54, 1.807) is 15.9 Å². The van der Waals surface area contributed by atoms with Gasteiger partial charge in [0.1, 0.15) is 5.82 Å². The van der Waals surface area contributed by atoms with Crippen LogP contribution in [0.1, 0.15) is 32.1 Å². The second-order valence-electron chi connectivity index (χ2n) is 7.91. The van der Waals surface area contributed by atoms with Gasteiger partial charge in [-0.25, -0.2) is 9.78 Å². The molecule has 0 radical (unpaired) electrons. The number of amides is 2. The Labute approximate surface area is 173 Å². The maximum absolute atomic E-state index is 13.2. The second kappa shape index (κ2) is 8.57. The minimum Gasteiger partial charge on any atom is -0.382 e. The van der Waals surface area contributed by atoms with Gasteiger partial charge in [0.05, 0.1) is 11.6 Å². The number of rotatable bonds is 2. The fraction of sp³-hybridized carbons (Fsp3) is 0.524. The van der Waals surface area contributed by atoms with Gasteiger partial charge in [0.2, 0.25) is 0 Å². The first-order valence-electron chi connectivity index (χ1n) is 10.4. The first-order chi connectivity index (χ1) is 14.4. The van der Waals surface area contributed by atoms with Crippen LogP contribution in [0.3, 0.4) is 0 Å². The number of halogens is 3. The Kier molecular flexibility index (Phi) is 5.87. The van der Waals surface area contributed by atoms with Crippen LogP contribution in [0.15, 0.2) is 36.1 Å². The first-order valence-corrected chi connectivity index (χ1v) is 10.4. The monoisotopic (exact) mass is 421 g/mol. The van der Waals surface area contributed by atoms with E-state index < -0.39 is 12.1 Å². The molecule has 3 heterocycles. The lowest BCUT2D eigenvalue weighted by atomic mass is 9.97. The molecule has 162 valence electrons. The Hall–Kier alpha value is -2.71. The number of aromatic nitrogens is 1. The van der Waals surface area contributed by atoms with E-state index in [4.69, 9.17) is 0 Å². The molecule has 0 saturated carbocycles. The van der Waals surface area contributed by atoms with Gasteiger partial charge in [0.15, 0.2) is 5.82 Å². The molecule has 4 rings (SSSR count). The average Bonchev–Trinajstić information content (AvgIpc) is 3.21. The van der Waals surface area contributed by atoms with Gasteiger partial charge in [-0.15, -0.1) is 0 Å². The zero-order chi connectivity index (χ0) is 21.1. The van der Waals surface area contributed by atoms with Gasteiger partial charge in [-0.2, -0.15) is 13.2 Å². The molecule has 2 N–H and O–H groups in total. The smallest absolute Gasteiger partial charge is 0.382 e. The Morgan fingerprint density at radius 1 is 1.20 bits per heavy atom. The summed E-state index contributed by atoms with van der Waals surface area (Å²) in [6, 6.07) is 3.29. The van der Waals surface area contributed by atoms with Crippen molar-refractivity contribution in [2.75, 3.05) is 41.3 Å². The van der Waals surface area contributed by atoms with E-state index in [1.165, 1.54) is 0 Å². The summed E-state index contributed by atoms with van der Waals surface area (Å²) in [5, 5.41) is 6.22. The molecule has 3 aliphatic rings. The number of carbonyl (C=O) groups is 1. The molecule has 1 atom stereocenters. The van der Waals surface area contributed by atoms with Crippen LogP contribution in [-0.4, -0.2) is 43.4 Å². The summed E-state index contributed by atoms with van der Waals surface area (Å²) in [6.45, 7) is 1.69. The van der Waals surface area contributed by atoms with Crippen molar-refractivity contribution < 1.29 is 18.0 Å². The van der Waals surface area contributed by atoms with E-state index in [0.29, 0.717) is 37.6 Å². The summed E-state index contributed by atoms with van der Waals surface area (Å²) in [5.74, 6) is -0.413. The van der Waals surface area contributed by atoms with Crippen molar-refractivity contribution in [3.05, 3.63) is 36.1 Å². The van der Waals surface area contributed by atoms with Crippen molar-refractivity contribution in [3.63, 3.8) is 0 Å². The number of nitrogens with one attached hydrogen (secondary N) is 2. The quantitative estimate of drug-likeness (QED) is 0.742. The third-order valence-corrected chi connectivity index (χ3v) is 5.73. The molecule has 9 heteroatoms. The van der Waals surface area contributed by atoms with Gasteiger partial charge < -0.3 is 15.5 Å². The Morgan fingerprint density at radius 3 is 2.83 bits per heavy atom. The van der Waals surface area contributed by atoms with Gasteiger partial charge in [0.25, 0.3) is 0 Å². The average molecular weight is 421 g/mol. The third kappa shape index (κ3) is 4.55. The fourth-order valence-corrected chi connectivity index (χ4v) is 4.08. The van der Waals surface area contributed by atoms with Gasteiger partial charge in [-0.3, -0.25) is 4.90 Å². The van der Waals surface area contributed by atoms with Gasteiger partial charge >= 0.3 is 12.2 Å². The van der Waals surface area contributed by atoms with Gasteiger partial charge in [-0.1, -0.05) is 12.2 Å². The van der Waals surface area contributed by atoms with E-state index in [0.717, 1.165) is 30.8 Å². The molecule has 0 spiro atoms. The van der Waals surface area contributed by atoms with Gasteiger partial charge in [0, 0.05) is 38.3 Å². The predicted octanol–water partition coefficient (Wildman–Crippen LogP) is 4.43. The second-order valence-corrected chi connectivity index (χ2v) is 7.91. The van der Waals surface area contributed by atoms with Crippen LogP contribution in [0.2, 0.25) is 0 Å². The summed E-state index contributed by atoms with van der Waals surface area (Å²) in [5.41, 5.74) is 1.54. The molecular formula is C21H26F3N5O. The van der Waals surface area contributed by atoms with Crippen LogP contribution in [0.5, 0.6) is 0 Å². The van der Waals surface area contributed by atoms with E-state index in [-0.39, 0.29) is 19.0 Å². The molecule has 1 unspecified atom stereocenters. The topological polar surface area (TPSA) is 60.5 Å². The lowest BCUT2D eigenvalue weighted by Gasteiger charge is -2.35. The van der Waals surface area contributed by atoms with Crippen molar-refractivity contribution in [2.45, 2.75) is 38.3 Å². The van der Waals surface area contributed by atoms with Crippen molar-refractivity contribution in [1.82, 2.24) is 10.3 Å². The van der Waals surface area contributed by atoms with Crippen molar-refractivity contribution >= 4 is 23.4 Å². The van der Waals surface area contributed by atoms with Crippen LogP contribution in [0, 0.1) is 5.92 Å². The molecule has 1 saturated heterocycles. The van der Waals surface area contributed by atoms with Crippen LogP contribution < -0.4 is 20.4 Å². The summed E-state index contributed by atoms with van der Waals surface area (Å²) < 4.78 is 39.7. The number of carbonyl (C=O) groups excluding carboxylic acids is 1. The molecule has 0 bridgehead atoms. The Bertz CT molecular complexity index is 852. The predicted molar refractivity (Wildman–Crippen MR) is 111 cm³/mol. The van der Waals surface area contributed by atoms with Crippen molar-refractivity contribution in [1.29, 1.82) is 0 Å². The molecule has 2 amide bonds. The van der Waals surface area contributed by atoms with Crippen molar-refractivity contribution in [2.24, 2.45) is 5.92 Å². The SMILES string of the molecule is O=C(NC1=CC=CC1)N1CCCCNc2ccc(N3CCCC(C(F)(F)F)C3)nc21. The van der Waals surface area contributed by atoms with Gasteiger partial charge in [-0.05, 0) is 43.9 Å². The van der Waals surface area contributed by atoms with Crippen LogP contribution in [0.4, 0.5) is 35.3 Å². The largest absolute Gasteiger partial charge is 0.393 e. The summed E-state index contributed by atoms with van der Waals surface area (Å²) in [6.07, 6.45) is 4.50. The molecule has 1 fully saturated rings. The summed E-state index contributed by atoms with van der Waals surface area (Å²) in [7, 11) is 0. The zero-order valence-corrected chi connectivity index (χ0v) is 16.7. The number of alkyl halides is 3. The fourth-order valence-electron chi connectivity index (χ4n) is 4.08. The van der Waals surface area contributed by atoms with Crippen molar-refractivity contribution in [3.8, 4) is 0 Å². The minimum atomic E-state index is -4.21. The summed E-state index contributed by atoms with van der Waals surface area (Å²) >= 11 is 0. The normalized spacial score (nSPS) is 22.0. The van der Waals surface area contributed by atoms with E-state index in [1.807, 2.05) is 24.3 Å². The molecular weight excluding hydrogens is 395 g/mol. The lowest BCUT2D eigenvalue weighted by molar-refractivity contribution is -0.176. The lowest BCUT2D eigenvalue weighted by Crippen LogP contribution is -2.43. The number of hydrogen-bond donors (Lipinski definition) is 2. The highest BCUT2D eigenvalue weighted by Crippen LogP contribution is 2.36. The number of nitrogens with zero attached hydrogens (tertiary/aromatic N) is 3.